The van der Waals surface area contributed by atoms with Crippen molar-refractivity contribution in [3.05, 3.63) is 98.4 Å². The molecule has 3 aromatic rings. The van der Waals surface area contributed by atoms with Crippen molar-refractivity contribution < 1.29 is 23.9 Å². The Bertz CT molecular complexity index is 1310. The maximum Gasteiger partial charge on any atom is 0.343 e. The van der Waals surface area contributed by atoms with Gasteiger partial charge >= 0.3 is 5.97 Å². The van der Waals surface area contributed by atoms with E-state index in [0.717, 1.165) is 22.9 Å². The van der Waals surface area contributed by atoms with E-state index in [2.05, 4.69) is 15.9 Å². The van der Waals surface area contributed by atoms with Crippen LogP contribution in [-0.2, 0) is 11.3 Å². The first-order valence-corrected chi connectivity index (χ1v) is 11.9. The van der Waals surface area contributed by atoms with Gasteiger partial charge in [0.2, 0.25) is 0 Å². The largest absolute Gasteiger partial charge is 0.493 e. The highest BCUT2D eigenvalue weighted by Gasteiger charge is 2.35. The summed E-state index contributed by atoms with van der Waals surface area (Å²) in [4.78, 5) is 39.5. The lowest BCUT2D eigenvalue weighted by molar-refractivity contribution is -0.123. The Balaban J connectivity index is 1.57. The normalized spacial score (nSPS) is 14.6. The Labute approximate surface area is 209 Å². The molecule has 2 amide bonds. The van der Waals surface area contributed by atoms with E-state index in [4.69, 9.17) is 9.47 Å². The maximum absolute atomic E-state index is 12.9. The molecule has 1 aliphatic heterocycles. The molecule has 0 unspecified atom stereocenters. The van der Waals surface area contributed by atoms with Crippen molar-refractivity contribution in [3.63, 3.8) is 0 Å². The van der Waals surface area contributed by atoms with Gasteiger partial charge in [-0.25, -0.2) is 4.79 Å². The van der Waals surface area contributed by atoms with E-state index in [0.29, 0.717) is 26.3 Å². The zero-order chi connectivity index (χ0) is 24.2. The van der Waals surface area contributed by atoms with E-state index in [1.54, 1.807) is 42.5 Å². The van der Waals surface area contributed by atoms with Crippen molar-refractivity contribution in [2.24, 2.45) is 0 Å². The average Bonchev–Trinajstić information content (AvgIpc) is 3.09. The molecule has 0 N–H and O–H groups in total. The first-order valence-electron chi connectivity index (χ1n) is 10.3. The van der Waals surface area contributed by atoms with Gasteiger partial charge in [0.15, 0.2) is 11.5 Å². The number of aryl methyl sites for hydroxylation is 1. The zero-order valence-corrected chi connectivity index (χ0v) is 20.8. The summed E-state index contributed by atoms with van der Waals surface area (Å²) in [6.07, 6.45) is 1.62. The molecule has 4 rings (SSSR count). The second-order valence-corrected chi connectivity index (χ2v) is 9.33. The second-order valence-electron chi connectivity index (χ2n) is 7.48. The highest BCUT2D eigenvalue weighted by atomic mass is 79.9. The lowest BCUT2D eigenvalue weighted by Gasteiger charge is -2.14. The predicted octanol–water partition coefficient (Wildman–Crippen LogP) is 6.22. The molecule has 1 aliphatic rings. The van der Waals surface area contributed by atoms with Crippen LogP contribution in [0.4, 0.5) is 4.79 Å². The van der Waals surface area contributed by atoms with Gasteiger partial charge in [0.1, 0.15) is 0 Å². The number of carbonyl (C=O) groups is 3. The molecule has 0 aliphatic carbocycles. The van der Waals surface area contributed by atoms with Crippen LogP contribution in [0.25, 0.3) is 6.08 Å². The van der Waals surface area contributed by atoms with Crippen LogP contribution in [-0.4, -0.2) is 29.1 Å². The van der Waals surface area contributed by atoms with Gasteiger partial charge in [0.05, 0.1) is 28.6 Å². The van der Waals surface area contributed by atoms with Gasteiger partial charge in [-0.15, -0.1) is 0 Å². The number of amides is 2. The first kappa shape index (κ1) is 23.8. The number of esters is 1. The second kappa shape index (κ2) is 10.3. The van der Waals surface area contributed by atoms with E-state index < -0.39 is 5.97 Å². The minimum absolute atomic E-state index is 0.218. The summed E-state index contributed by atoms with van der Waals surface area (Å²) in [5, 5.41) is -0.320. The molecule has 3 aromatic carbocycles. The van der Waals surface area contributed by atoms with Gasteiger partial charge in [-0.1, -0.05) is 42.5 Å². The molecule has 34 heavy (non-hydrogen) atoms. The van der Waals surface area contributed by atoms with Crippen LogP contribution in [0.1, 0.15) is 27.0 Å². The van der Waals surface area contributed by atoms with Crippen LogP contribution in [0.3, 0.4) is 0 Å². The number of imide groups is 1. The molecular formula is C26H20BrNO5S. The van der Waals surface area contributed by atoms with Crippen LogP contribution < -0.4 is 9.47 Å². The minimum atomic E-state index is -0.523. The fourth-order valence-corrected chi connectivity index (χ4v) is 4.77. The number of carbonyl (C=O) groups excluding carboxylic acids is 3. The summed E-state index contributed by atoms with van der Waals surface area (Å²) in [5.74, 6) is -0.345. The molecule has 6 nitrogen and oxygen atoms in total. The summed E-state index contributed by atoms with van der Waals surface area (Å²) in [5.41, 5.74) is 2.95. The quantitative estimate of drug-likeness (QED) is 0.211. The first-order chi connectivity index (χ1) is 16.4. The summed E-state index contributed by atoms with van der Waals surface area (Å²) >= 11 is 4.31. The van der Waals surface area contributed by atoms with E-state index >= 15 is 0 Å². The third-order valence-corrected chi connectivity index (χ3v) is 6.71. The van der Waals surface area contributed by atoms with E-state index in [1.165, 1.54) is 12.0 Å². The third-order valence-electron chi connectivity index (χ3n) is 5.22. The van der Waals surface area contributed by atoms with Crippen molar-refractivity contribution in [1.82, 2.24) is 4.90 Å². The molecule has 0 spiro atoms. The third kappa shape index (κ3) is 5.08. The lowest BCUT2D eigenvalue weighted by atomic mass is 10.1. The van der Waals surface area contributed by atoms with E-state index in [1.807, 2.05) is 37.3 Å². The predicted molar refractivity (Wildman–Crippen MR) is 135 cm³/mol. The zero-order valence-electron chi connectivity index (χ0n) is 18.4. The number of hydrogen-bond acceptors (Lipinski definition) is 6. The molecule has 0 bridgehead atoms. The highest BCUT2D eigenvalue weighted by molar-refractivity contribution is 9.10. The topological polar surface area (TPSA) is 72.9 Å². The van der Waals surface area contributed by atoms with Gasteiger partial charge in [-0.3, -0.25) is 14.5 Å². The molecule has 1 saturated heterocycles. The number of ether oxygens (including phenoxy) is 2. The van der Waals surface area contributed by atoms with Gasteiger partial charge in [-0.05, 0) is 81.6 Å². The average molecular weight is 538 g/mol. The number of methoxy groups -OCH3 is 1. The maximum atomic E-state index is 12.9. The number of rotatable bonds is 6. The van der Waals surface area contributed by atoms with Crippen LogP contribution in [0.2, 0.25) is 0 Å². The number of halogens is 1. The Morgan fingerprint density at radius 1 is 1.06 bits per heavy atom. The summed E-state index contributed by atoms with van der Waals surface area (Å²) < 4.78 is 11.4. The monoisotopic (exact) mass is 537 g/mol. The van der Waals surface area contributed by atoms with Crippen molar-refractivity contribution in [2.45, 2.75) is 13.5 Å². The van der Waals surface area contributed by atoms with Crippen molar-refractivity contribution in [2.75, 3.05) is 7.11 Å². The van der Waals surface area contributed by atoms with Crippen molar-refractivity contribution in [1.29, 1.82) is 0 Å². The lowest BCUT2D eigenvalue weighted by Crippen LogP contribution is -2.27. The van der Waals surface area contributed by atoms with Gasteiger partial charge in [0, 0.05) is 0 Å². The summed E-state index contributed by atoms with van der Waals surface area (Å²) in [6, 6.07) is 19.6. The highest BCUT2D eigenvalue weighted by Crippen LogP contribution is 2.39. The van der Waals surface area contributed by atoms with Crippen LogP contribution >= 0.6 is 27.7 Å². The van der Waals surface area contributed by atoms with Crippen molar-refractivity contribution in [3.8, 4) is 11.5 Å². The molecule has 172 valence electrons. The molecule has 1 fully saturated rings. The summed E-state index contributed by atoms with van der Waals surface area (Å²) in [6.45, 7) is 2.16. The standard InChI is InChI=1S/C26H20BrNO5S/c1-16-8-6-7-11-19(16)15-28-24(29)22(34-26(28)31)14-17-12-20(27)23(21(13-17)32-2)33-25(30)18-9-4-3-5-10-18/h3-14H,15H2,1-2H3/b22-14-. The Hall–Kier alpha value is -3.36. The number of nitrogens with zero attached hydrogens (tertiary/aromatic N) is 1. The van der Waals surface area contributed by atoms with Crippen molar-refractivity contribution >= 4 is 50.9 Å². The SMILES string of the molecule is COc1cc(/C=C2\SC(=O)N(Cc3ccccc3C)C2=O)cc(Br)c1OC(=O)c1ccccc1. The van der Waals surface area contributed by atoms with Crippen LogP contribution in [0.15, 0.2) is 76.1 Å². The van der Waals surface area contributed by atoms with Crippen LogP contribution in [0.5, 0.6) is 11.5 Å². The Morgan fingerprint density at radius 3 is 2.47 bits per heavy atom. The molecule has 0 aromatic heterocycles. The number of hydrogen-bond donors (Lipinski definition) is 0. The van der Waals surface area contributed by atoms with Gasteiger partial charge in [0.25, 0.3) is 11.1 Å². The fraction of sp³-hybridized carbons (Fsp3) is 0.115. The molecule has 0 saturated carbocycles. The van der Waals surface area contributed by atoms with E-state index in [9.17, 15) is 14.4 Å². The molecule has 1 heterocycles. The smallest absolute Gasteiger partial charge is 0.343 e. The van der Waals surface area contributed by atoms with E-state index in [-0.39, 0.29) is 23.4 Å². The number of thioether (sulfide) groups is 1. The molecule has 0 atom stereocenters. The van der Waals surface area contributed by atoms with Crippen LogP contribution in [0, 0.1) is 6.92 Å². The molecule has 8 heteroatoms. The molecular weight excluding hydrogens is 518 g/mol. The fourth-order valence-electron chi connectivity index (χ4n) is 3.39. The Morgan fingerprint density at radius 2 is 1.76 bits per heavy atom. The molecule has 0 radical (unpaired) electrons. The Kier molecular flexibility index (Phi) is 7.19. The van der Waals surface area contributed by atoms with Gasteiger partial charge < -0.3 is 9.47 Å². The summed E-state index contributed by atoms with van der Waals surface area (Å²) in [7, 11) is 1.46. The van der Waals surface area contributed by atoms with Gasteiger partial charge in [-0.2, -0.15) is 0 Å². The number of benzene rings is 3. The minimum Gasteiger partial charge on any atom is -0.493 e.